The fourth-order valence-electron chi connectivity index (χ4n) is 4.12. The lowest BCUT2D eigenvalue weighted by atomic mass is 10.00. The molecule has 0 saturated carbocycles. The summed E-state index contributed by atoms with van der Waals surface area (Å²) in [7, 11) is 3.96. The van der Waals surface area contributed by atoms with Crippen LogP contribution in [-0.2, 0) is 9.59 Å². The van der Waals surface area contributed by atoms with E-state index in [1.807, 2.05) is 87.4 Å². The van der Waals surface area contributed by atoms with Crippen LogP contribution in [-0.4, -0.2) is 43.9 Å². The number of anilines is 3. The monoisotopic (exact) mass is 486 g/mol. The van der Waals surface area contributed by atoms with Gasteiger partial charge in [-0.1, -0.05) is 44.2 Å². The Balaban J connectivity index is 1.70. The van der Waals surface area contributed by atoms with Gasteiger partial charge in [0.15, 0.2) is 0 Å². The summed E-state index contributed by atoms with van der Waals surface area (Å²) in [5, 5.41) is 6.17. The summed E-state index contributed by atoms with van der Waals surface area (Å²) >= 11 is 0. The van der Waals surface area contributed by atoms with Gasteiger partial charge in [-0.2, -0.15) is 0 Å². The van der Waals surface area contributed by atoms with E-state index in [0.717, 1.165) is 23.5 Å². The van der Waals surface area contributed by atoms with Crippen LogP contribution in [0.25, 0.3) is 11.3 Å². The zero-order valence-corrected chi connectivity index (χ0v) is 21.0. The highest BCUT2D eigenvalue weighted by molar-refractivity contribution is 6.37. The van der Waals surface area contributed by atoms with Gasteiger partial charge < -0.3 is 20.4 Å². The summed E-state index contributed by atoms with van der Waals surface area (Å²) in [5.74, 6) is -0.757. The minimum atomic E-state index is -0.408. The molecule has 2 N–H and O–H groups in total. The molecule has 0 radical (unpaired) electrons. The molecule has 0 bridgehead atoms. The van der Waals surface area contributed by atoms with Crippen molar-refractivity contribution < 1.29 is 14.0 Å². The summed E-state index contributed by atoms with van der Waals surface area (Å²) in [4.78, 5) is 29.7. The van der Waals surface area contributed by atoms with Gasteiger partial charge in [0, 0.05) is 35.9 Å². The lowest BCUT2D eigenvalue weighted by Crippen LogP contribution is -2.39. The Morgan fingerprint density at radius 2 is 1.67 bits per heavy atom. The molecule has 3 aromatic rings. The van der Waals surface area contributed by atoms with E-state index in [1.165, 1.54) is 12.1 Å². The molecule has 6 nitrogen and oxygen atoms in total. The van der Waals surface area contributed by atoms with Gasteiger partial charge >= 0.3 is 0 Å². The van der Waals surface area contributed by atoms with E-state index in [9.17, 15) is 14.0 Å². The van der Waals surface area contributed by atoms with Crippen LogP contribution in [0.5, 0.6) is 0 Å². The molecule has 0 spiro atoms. The predicted molar refractivity (Wildman–Crippen MR) is 144 cm³/mol. The van der Waals surface area contributed by atoms with Crippen molar-refractivity contribution in [1.29, 1.82) is 0 Å². The van der Waals surface area contributed by atoms with Gasteiger partial charge in [-0.05, 0) is 62.1 Å². The molecule has 7 heteroatoms. The van der Waals surface area contributed by atoms with Crippen molar-refractivity contribution in [2.75, 3.05) is 42.7 Å². The highest BCUT2D eigenvalue weighted by atomic mass is 19.1. The van der Waals surface area contributed by atoms with Gasteiger partial charge in [0.25, 0.3) is 5.91 Å². The second kappa shape index (κ2) is 10.7. The smallest absolute Gasteiger partial charge is 0.258 e. The molecule has 0 fully saturated rings. The Hall–Kier alpha value is -3.97. The van der Waals surface area contributed by atoms with Crippen molar-refractivity contribution in [3.8, 4) is 0 Å². The number of carbonyl (C=O) groups excluding carboxylic acids is 2. The Morgan fingerprint density at radius 1 is 0.972 bits per heavy atom. The molecular weight excluding hydrogens is 455 g/mol. The third-order valence-corrected chi connectivity index (χ3v) is 6.02. The van der Waals surface area contributed by atoms with Crippen molar-refractivity contribution in [2.45, 2.75) is 13.8 Å². The highest BCUT2D eigenvalue weighted by Crippen LogP contribution is 2.38. The first-order valence-corrected chi connectivity index (χ1v) is 12.0. The fraction of sp³-hybridized carbons (Fsp3) is 0.241. The first-order chi connectivity index (χ1) is 17.2. The van der Waals surface area contributed by atoms with E-state index in [0.29, 0.717) is 29.1 Å². The lowest BCUT2D eigenvalue weighted by molar-refractivity contribution is -0.121. The highest BCUT2D eigenvalue weighted by Gasteiger charge is 2.29. The van der Waals surface area contributed by atoms with E-state index in [2.05, 4.69) is 10.6 Å². The Morgan fingerprint density at radius 3 is 2.31 bits per heavy atom. The van der Waals surface area contributed by atoms with Crippen LogP contribution < -0.4 is 15.5 Å². The van der Waals surface area contributed by atoms with E-state index in [-0.39, 0.29) is 17.7 Å². The van der Waals surface area contributed by atoms with Gasteiger partial charge in [-0.15, -0.1) is 0 Å². The summed E-state index contributed by atoms with van der Waals surface area (Å²) < 4.78 is 13.8. The average molecular weight is 487 g/mol. The maximum absolute atomic E-state index is 13.8. The van der Waals surface area contributed by atoms with Crippen LogP contribution in [0.2, 0.25) is 0 Å². The number of amides is 2. The van der Waals surface area contributed by atoms with Crippen molar-refractivity contribution in [1.82, 2.24) is 4.90 Å². The molecule has 0 saturated heterocycles. The zero-order chi connectivity index (χ0) is 25.8. The van der Waals surface area contributed by atoms with E-state index in [4.69, 9.17) is 0 Å². The second-order valence-electron chi connectivity index (χ2n) is 9.38. The zero-order valence-electron chi connectivity index (χ0n) is 21.0. The number of rotatable bonds is 8. The first kappa shape index (κ1) is 25.1. The normalized spacial score (nSPS) is 14.0. The molecule has 36 heavy (non-hydrogen) atoms. The molecular formula is C29H31FN4O2. The Bertz CT molecular complexity index is 1280. The van der Waals surface area contributed by atoms with Gasteiger partial charge in [-0.25, -0.2) is 4.39 Å². The first-order valence-electron chi connectivity index (χ1n) is 12.0. The minimum absolute atomic E-state index is 0.0658. The number of fused-ring (bicyclic) bond motifs is 1. The second-order valence-corrected chi connectivity index (χ2v) is 9.38. The van der Waals surface area contributed by atoms with Crippen molar-refractivity contribution >= 4 is 40.1 Å². The number of hydrogen-bond donors (Lipinski definition) is 2. The summed E-state index contributed by atoms with van der Waals surface area (Å²) in [6.45, 7) is 5.13. The summed E-state index contributed by atoms with van der Waals surface area (Å²) in [5.41, 5.74) is 4.56. The van der Waals surface area contributed by atoms with E-state index in [1.54, 1.807) is 11.0 Å². The van der Waals surface area contributed by atoms with Gasteiger partial charge in [-0.3, -0.25) is 9.59 Å². The number of benzene rings is 3. The van der Waals surface area contributed by atoms with Crippen LogP contribution >= 0.6 is 0 Å². The topological polar surface area (TPSA) is 64.7 Å². The van der Waals surface area contributed by atoms with Gasteiger partial charge in [0.05, 0.1) is 17.0 Å². The van der Waals surface area contributed by atoms with Crippen LogP contribution in [0.3, 0.4) is 0 Å². The van der Waals surface area contributed by atoms with Crippen molar-refractivity contribution in [2.24, 2.45) is 5.92 Å². The predicted octanol–water partition coefficient (Wildman–Crippen LogP) is 5.31. The molecule has 1 aliphatic heterocycles. The lowest BCUT2D eigenvalue weighted by Gasteiger charge is -2.26. The quantitative estimate of drug-likeness (QED) is 0.424. The summed E-state index contributed by atoms with van der Waals surface area (Å²) in [6.07, 6.45) is 0. The minimum Gasteiger partial charge on any atom is -0.354 e. The average Bonchev–Trinajstić information content (AvgIpc) is 3.18. The third kappa shape index (κ3) is 5.47. The van der Waals surface area contributed by atoms with Gasteiger partial charge in [0.1, 0.15) is 5.82 Å². The Labute approximate surface area is 211 Å². The van der Waals surface area contributed by atoms with Crippen LogP contribution in [0.4, 0.5) is 21.5 Å². The SMILES string of the molecule is CC(C)C(=O)N(CCN(C)C)c1ccc(N/C(=C2\C(=O)Nc3cc(F)ccc32)c2ccccc2)cc1. The number of hydrogen-bond acceptors (Lipinski definition) is 4. The number of halogens is 1. The largest absolute Gasteiger partial charge is 0.354 e. The van der Waals surface area contributed by atoms with Gasteiger partial charge in [0.2, 0.25) is 5.91 Å². The molecule has 2 amide bonds. The molecule has 3 aromatic carbocycles. The Kier molecular flexibility index (Phi) is 7.50. The molecule has 0 unspecified atom stereocenters. The van der Waals surface area contributed by atoms with E-state index >= 15 is 0 Å². The summed E-state index contributed by atoms with van der Waals surface area (Å²) in [6, 6.07) is 21.5. The van der Waals surface area contributed by atoms with Crippen LogP contribution in [0.1, 0.15) is 25.0 Å². The van der Waals surface area contributed by atoms with Crippen molar-refractivity contribution in [3.63, 3.8) is 0 Å². The third-order valence-electron chi connectivity index (χ3n) is 6.02. The standard InChI is InChI=1S/C29H31FN4O2/c1-19(2)29(36)34(17-16-33(3)4)23-13-11-22(12-14-23)31-27(20-8-6-5-7-9-20)26-24-15-10-21(30)18-25(24)32-28(26)35/h5-15,18-19,31H,16-17H2,1-4H3,(H,32,35)/b27-26-. The maximum atomic E-state index is 13.8. The molecule has 1 heterocycles. The number of likely N-dealkylation sites (N-methyl/N-ethyl adjacent to an activating group) is 1. The molecule has 1 aliphatic rings. The van der Waals surface area contributed by atoms with Crippen molar-refractivity contribution in [3.05, 3.63) is 89.7 Å². The number of carbonyl (C=O) groups is 2. The van der Waals surface area contributed by atoms with E-state index < -0.39 is 5.82 Å². The molecule has 0 aliphatic carbocycles. The molecule has 0 atom stereocenters. The molecule has 4 rings (SSSR count). The molecule has 0 aromatic heterocycles. The molecule has 186 valence electrons. The number of nitrogens with zero attached hydrogens (tertiary/aromatic N) is 2. The van der Waals surface area contributed by atoms with Crippen LogP contribution in [0.15, 0.2) is 72.8 Å². The van der Waals surface area contributed by atoms with Crippen LogP contribution in [0, 0.1) is 11.7 Å². The fourth-order valence-corrected chi connectivity index (χ4v) is 4.12. The maximum Gasteiger partial charge on any atom is 0.258 e. The number of nitrogens with one attached hydrogen (secondary N) is 2.